The summed E-state index contributed by atoms with van der Waals surface area (Å²) in [7, 11) is -3.67. The number of rotatable bonds is 9. The zero-order chi connectivity index (χ0) is 21.6. The molecule has 0 radical (unpaired) electrons. The Morgan fingerprint density at radius 3 is 2.13 bits per heavy atom. The van der Waals surface area contributed by atoms with Gasteiger partial charge in [-0.3, -0.25) is 10.0 Å². The summed E-state index contributed by atoms with van der Waals surface area (Å²) >= 11 is 5.91. The highest BCUT2D eigenvalue weighted by atomic mass is 35.5. The smallest absolute Gasteiger partial charge is 0.233 e. The van der Waals surface area contributed by atoms with Gasteiger partial charge in [0.15, 0.2) is 9.84 Å². The van der Waals surface area contributed by atoms with Crippen LogP contribution in [0.4, 0.5) is 0 Å². The molecule has 1 amide bonds. The molecule has 1 aliphatic rings. The lowest BCUT2D eigenvalue weighted by molar-refractivity contribution is -0.159. The van der Waals surface area contributed by atoms with E-state index in [0.29, 0.717) is 23.1 Å². The molecule has 1 unspecified atom stereocenters. The Kier molecular flexibility index (Phi) is 7.88. The van der Waals surface area contributed by atoms with Crippen LogP contribution >= 0.6 is 11.6 Å². The number of piperidine rings is 1. The molecule has 2 aromatic carbocycles. The maximum absolute atomic E-state index is 12.9. The Morgan fingerprint density at radius 1 is 1.00 bits per heavy atom. The molecule has 0 aliphatic carbocycles. The predicted molar refractivity (Wildman–Crippen MR) is 117 cm³/mol. The highest BCUT2D eigenvalue weighted by molar-refractivity contribution is 7.91. The van der Waals surface area contributed by atoms with E-state index in [2.05, 4.69) is 4.90 Å². The first-order valence-corrected chi connectivity index (χ1v) is 12.2. The number of carbonyl (C=O) groups excluding carboxylic acids is 1. The monoisotopic (exact) mass is 450 g/mol. The Balaban J connectivity index is 1.69. The summed E-state index contributed by atoms with van der Waals surface area (Å²) in [5, 5.41) is 11.1. The molecule has 6 nitrogen and oxygen atoms in total. The van der Waals surface area contributed by atoms with Crippen LogP contribution in [0.3, 0.4) is 0 Å². The SMILES string of the molecule is O=CN(O)C(CCN1CCCCC1)CS(=O)(=O)c1ccc(-c2ccc(Cl)cc2)cc1. The quantitative estimate of drug-likeness (QED) is 0.356. The minimum atomic E-state index is -3.67. The van der Waals surface area contributed by atoms with Crippen LogP contribution in [0.2, 0.25) is 5.02 Å². The summed E-state index contributed by atoms with van der Waals surface area (Å²) in [5.74, 6) is -0.323. The molecular weight excluding hydrogens is 424 g/mol. The number of likely N-dealkylation sites (tertiary alicyclic amines) is 1. The molecule has 8 heteroatoms. The lowest BCUT2D eigenvalue weighted by Gasteiger charge is -2.29. The van der Waals surface area contributed by atoms with Crippen molar-refractivity contribution in [3.05, 3.63) is 53.6 Å². The van der Waals surface area contributed by atoms with Gasteiger partial charge in [-0.1, -0.05) is 42.3 Å². The summed E-state index contributed by atoms with van der Waals surface area (Å²) in [6.45, 7) is 2.59. The van der Waals surface area contributed by atoms with Crippen LogP contribution in [-0.4, -0.2) is 61.4 Å². The number of hydrogen-bond acceptors (Lipinski definition) is 5. The molecule has 1 heterocycles. The lowest BCUT2D eigenvalue weighted by Crippen LogP contribution is -2.41. The number of halogens is 1. The predicted octanol–water partition coefficient (Wildman–Crippen LogP) is 3.87. The summed E-state index contributed by atoms with van der Waals surface area (Å²) in [6, 6.07) is 13.1. The second kappa shape index (κ2) is 10.4. The summed E-state index contributed by atoms with van der Waals surface area (Å²) in [6.07, 6.45) is 4.14. The number of hydrogen-bond donors (Lipinski definition) is 1. The average molecular weight is 451 g/mol. The minimum absolute atomic E-state index is 0.169. The van der Waals surface area contributed by atoms with Crippen molar-refractivity contribution in [3.63, 3.8) is 0 Å². The van der Waals surface area contributed by atoms with Crippen LogP contribution in [0.1, 0.15) is 25.7 Å². The van der Waals surface area contributed by atoms with E-state index in [1.165, 1.54) is 6.42 Å². The molecule has 2 aromatic rings. The van der Waals surface area contributed by atoms with E-state index >= 15 is 0 Å². The molecule has 1 aliphatic heterocycles. The normalized spacial score (nSPS) is 16.2. The van der Waals surface area contributed by atoms with E-state index in [1.54, 1.807) is 36.4 Å². The Morgan fingerprint density at radius 2 is 1.57 bits per heavy atom. The third-order valence-corrected chi connectivity index (χ3v) is 7.58. The van der Waals surface area contributed by atoms with E-state index in [4.69, 9.17) is 11.6 Å². The standard InChI is InChI=1S/C22H27ClN2O4S/c23-20-8-4-18(5-9-20)19-6-10-22(11-7-19)30(28,29)16-21(25(27)17-26)12-15-24-13-2-1-3-14-24/h4-11,17,21,27H,1-3,12-16H2. The van der Waals surface area contributed by atoms with Crippen LogP contribution in [-0.2, 0) is 14.6 Å². The largest absolute Gasteiger partial charge is 0.303 e. The van der Waals surface area contributed by atoms with Crippen LogP contribution in [0, 0.1) is 0 Å². The molecule has 0 spiro atoms. The van der Waals surface area contributed by atoms with Crippen molar-refractivity contribution < 1.29 is 18.4 Å². The van der Waals surface area contributed by atoms with Crippen LogP contribution < -0.4 is 0 Å². The van der Waals surface area contributed by atoms with E-state index in [9.17, 15) is 18.4 Å². The van der Waals surface area contributed by atoms with Gasteiger partial charge in [-0.25, -0.2) is 13.5 Å². The van der Waals surface area contributed by atoms with Crippen molar-refractivity contribution in [2.24, 2.45) is 0 Å². The van der Waals surface area contributed by atoms with Crippen molar-refractivity contribution in [1.29, 1.82) is 0 Å². The maximum atomic E-state index is 12.9. The fourth-order valence-electron chi connectivity index (χ4n) is 3.74. The molecule has 1 saturated heterocycles. The summed E-state index contributed by atoms with van der Waals surface area (Å²) in [5.41, 5.74) is 1.81. The topological polar surface area (TPSA) is 77.9 Å². The van der Waals surface area contributed by atoms with Crippen molar-refractivity contribution in [2.75, 3.05) is 25.4 Å². The number of nitrogens with zero attached hydrogens (tertiary/aromatic N) is 2. The van der Waals surface area contributed by atoms with Gasteiger partial charge in [0.25, 0.3) is 0 Å². The Bertz CT molecular complexity index is 927. The second-order valence-corrected chi connectivity index (χ2v) is 10.1. The van der Waals surface area contributed by atoms with Crippen molar-refractivity contribution in [2.45, 2.75) is 36.6 Å². The van der Waals surface area contributed by atoms with Crippen molar-refractivity contribution in [1.82, 2.24) is 9.96 Å². The average Bonchev–Trinajstić information content (AvgIpc) is 2.77. The van der Waals surface area contributed by atoms with Gasteiger partial charge in [0.05, 0.1) is 16.7 Å². The van der Waals surface area contributed by atoms with Gasteiger partial charge in [-0.05, 0) is 67.7 Å². The number of hydroxylamine groups is 2. The first-order valence-electron chi connectivity index (χ1n) is 10.1. The number of carbonyl (C=O) groups is 1. The van der Waals surface area contributed by atoms with E-state index in [1.807, 2.05) is 12.1 Å². The first-order chi connectivity index (χ1) is 14.4. The van der Waals surface area contributed by atoms with E-state index in [0.717, 1.165) is 37.1 Å². The van der Waals surface area contributed by atoms with E-state index in [-0.39, 0.29) is 17.1 Å². The fraction of sp³-hybridized carbons (Fsp3) is 0.409. The zero-order valence-electron chi connectivity index (χ0n) is 16.8. The van der Waals surface area contributed by atoms with Crippen molar-refractivity contribution >= 4 is 27.8 Å². The molecule has 1 N–H and O–H groups in total. The highest BCUT2D eigenvalue weighted by Gasteiger charge is 2.26. The van der Waals surface area contributed by atoms with E-state index < -0.39 is 15.9 Å². The van der Waals surface area contributed by atoms with Crippen LogP contribution in [0.5, 0.6) is 0 Å². The Labute approximate surface area is 182 Å². The summed E-state index contributed by atoms with van der Waals surface area (Å²) < 4.78 is 25.8. The fourth-order valence-corrected chi connectivity index (χ4v) is 5.43. The van der Waals surface area contributed by atoms with Crippen LogP contribution in [0.25, 0.3) is 11.1 Å². The van der Waals surface area contributed by atoms with Gasteiger partial charge in [0, 0.05) is 11.6 Å². The molecule has 1 atom stereocenters. The van der Waals surface area contributed by atoms with Crippen LogP contribution in [0.15, 0.2) is 53.4 Å². The van der Waals surface area contributed by atoms with Gasteiger partial charge < -0.3 is 4.90 Å². The number of amides is 1. The molecular formula is C22H27ClN2O4S. The number of benzene rings is 2. The van der Waals surface area contributed by atoms with Gasteiger partial charge in [0.2, 0.25) is 6.41 Å². The number of sulfone groups is 1. The van der Waals surface area contributed by atoms with Gasteiger partial charge in [0.1, 0.15) is 0 Å². The molecule has 1 fully saturated rings. The maximum Gasteiger partial charge on any atom is 0.233 e. The third-order valence-electron chi connectivity index (χ3n) is 5.51. The molecule has 0 bridgehead atoms. The van der Waals surface area contributed by atoms with Gasteiger partial charge >= 0.3 is 0 Å². The van der Waals surface area contributed by atoms with Crippen molar-refractivity contribution in [3.8, 4) is 11.1 Å². The third kappa shape index (κ3) is 6.04. The second-order valence-electron chi connectivity index (χ2n) is 7.64. The Hall–Kier alpha value is -1.93. The zero-order valence-corrected chi connectivity index (χ0v) is 18.4. The molecule has 30 heavy (non-hydrogen) atoms. The molecule has 162 valence electrons. The minimum Gasteiger partial charge on any atom is -0.303 e. The summed E-state index contributed by atoms with van der Waals surface area (Å²) in [4.78, 5) is 13.5. The molecule has 3 rings (SSSR count). The molecule has 0 aromatic heterocycles. The van der Waals surface area contributed by atoms with Gasteiger partial charge in [-0.15, -0.1) is 0 Å². The highest BCUT2D eigenvalue weighted by Crippen LogP contribution is 2.24. The molecule has 0 saturated carbocycles. The lowest BCUT2D eigenvalue weighted by atomic mass is 10.1. The van der Waals surface area contributed by atoms with Gasteiger partial charge in [-0.2, -0.15) is 0 Å². The first kappa shape index (κ1) is 22.7.